The average molecular weight is 963 g/mol. The van der Waals surface area contributed by atoms with Crippen LogP contribution in [0.1, 0.15) is 132 Å². The minimum Gasteiger partial charge on any atom is -0.457 e. The molecule has 0 N–H and O–H groups in total. The normalized spacial score (nSPS) is 13.6. The summed E-state index contributed by atoms with van der Waals surface area (Å²) in [5.74, 6) is 2.42. The summed E-state index contributed by atoms with van der Waals surface area (Å²) in [6.07, 6.45) is 2.08. The molecule has 0 spiro atoms. The topological polar surface area (TPSA) is 33.5 Å². The Kier molecular flexibility index (Phi) is 12.1. The van der Waals surface area contributed by atoms with E-state index in [-0.39, 0.29) is 27.1 Å². The third kappa shape index (κ3) is 9.67. The Hall–Kier alpha value is -7.11. The third-order valence-corrected chi connectivity index (χ3v) is 14.9. The molecule has 0 saturated carbocycles. The smallest absolute Gasteiger partial charge is 0.137 e. The van der Waals surface area contributed by atoms with Crippen LogP contribution in [0.2, 0.25) is 0 Å². The molecule has 73 heavy (non-hydrogen) atoms. The molecule has 0 bridgehead atoms. The van der Waals surface area contributed by atoms with E-state index >= 15 is 0 Å². The van der Waals surface area contributed by atoms with Crippen LogP contribution in [0.3, 0.4) is 0 Å². The lowest BCUT2D eigenvalue weighted by molar-refractivity contribution is 0.483. The van der Waals surface area contributed by atoms with Gasteiger partial charge < -0.3 is 14.5 Å². The second kappa shape index (κ2) is 17.8. The van der Waals surface area contributed by atoms with E-state index in [0.29, 0.717) is 6.67 Å². The van der Waals surface area contributed by atoms with Gasteiger partial charge in [0.25, 0.3) is 0 Å². The van der Waals surface area contributed by atoms with Crippen molar-refractivity contribution in [3.05, 3.63) is 192 Å². The molecule has 5 heteroatoms. The van der Waals surface area contributed by atoms with E-state index in [1.165, 1.54) is 61.3 Å². The Morgan fingerprint density at radius 2 is 1.01 bits per heavy atom. The molecule has 7 aromatic carbocycles. The summed E-state index contributed by atoms with van der Waals surface area (Å²) < 4.78 is 9.24. The fraction of sp³-hybridized carbons (Fsp3) is 0.309. The molecular formula is C68H74N4O. The fourth-order valence-electron chi connectivity index (χ4n) is 10.4. The van der Waals surface area contributed by atoms with Crippen LogP contribution in [0.15, 0.2) is 164 Å². The molecule has 2 aromatic heterocycles. The van der Waals surface area contributed by atoms with Gasteiger partial charge in [-0.15, -0.1) is 0 Å². The molecule has 1 aliphatic heterocycles. The zero-order valence-electron chi connectivity index (χ0n) is 46.0. The van der Waals surface area contributed by atoms with E-state index in [4.69, 9.17) is 9.72 Å². The number of aromatic nitrogens is 2. The van der Waals surface area contributed by atoms with E-state index < -0.39 is 0 Å². The van der Waals surface area contributed by atoms with Gasteiger partial charge in [-0.3, -0.25) is 4.57 Å². The van der Waals surface area contributed by atoms with Gasteiger partial charge in [-0.2, -0.15) is 0 Å². The van der Waals surface area contributed by atoms with Crippen molar-refractivity contribution in [2.45, 2.75) is 131 Å². The predicted molar refractivity (Wildman–Crippen MR) is 311 cm³/mol. The number of benzene rings is 7. The highest BCUT2D eigenvalue weighted by Gasteiger charge is 2.32. The molecule has 372 valence electrons. The lowest BCUT2D eigenvalue weighted by atomic mass is 9.80. The number of ether oxygens (including phenoxy) is 1. The van der Waals surface area contributed by atoms with Gasteiger partial charge in [-0.1, -0.05) is 189 Å². The second-order valence-electron chi connectivity index (χ2n) is 25.6. The number of nitrogens with zero attached hydrogens (tertiary/aromatic N) is 4. The first-order valence-corrected chi connectivity index (χ1v) is 26.2. The van der Waals surface area contributed by atoms with Crippen LogP contribution in [-0.4, -0.2) is 16.2 Å². The molecular weight excluding hydrogens is 889 g/mol. The maximum absolute atomic E-state index is 6.93. The number of rotatable bonds is 7. The van der Waals surface area contributed by atoms with E-state index in [1.807, 2.05) is 0 Å². The zero-order chi connectivity index (χ0) is 52.0. The van der Waals surface area contributed by atoms with Crippen molar-refractivity contribution >= 4 is 44.6 Å². The van der Waals surface area contributed by atoms with Crippen molar-refractivity contribution in [2.24, 2.45) is 0 Å². The summed E-state index contributed by atoms with van der Waals surface area (Å²) in [6, 6.07) is 58.3. The molecule has 0 aliphatic carbocycles. The van der Waals surface area contributed by atoms with Gasteiger partial charge in [-0.05, 0) is 132 Å². The van der Waals surface area contributed by atoms with E-state index in [2.05, 4.69) is 282 Å². The molecule has 10 rings (SSSR count). The van der Waals surface area contributed by atoms with Gasteiger partial charge in [0.05, 0.1) is 22.4 Å². The Balaban J connectivity index is 1.05. The zero-order valence-corrected chi connectivity index (χ0v) is 46.0. The number of para-hydroxylation sites is 1. The maximum atomic E-state index is 6.93. The van der Waals surface area contributed by atoms with Crippen LogP contribution in [0.5, 0.6) is 11.5 Å². The third-order valence-electron chi connectivity index (χ3n) is 14.9. The van der Waals surface area contributed by atoms with Crippen molar-refractivity contribution in [1.29, 1.82) is 0 Å². The first-order chi connectivity index (χ1) is 34.3. The number of fused-ring (bicyclic) bond motifs is 4. The fourth-order valence-corrected chi connectivity index (χ4v) is 10.4. The summed E-state index contributed by atoms with van der Waals surface area (Å²) >= 11 is 0. The van der Waals surface area contributed by atoms with Gasteiger partial charge in [0.15, 0.2) is 0 Å². The van der Waals surface area contributed by atoms with Crippen molar-refractivity contribution < 1.29 is 4.74 Å². The van der Waals surface area contributed by atoms with Gasteiger partial charge in [-0.25, -0.2) is 4.98 Å². The molecule has 9 aromatic rings. The van der Waals surface area contributed by atoms with E-state index in [0.717, 1.165) is 50.7 Å². The second-order valence-corrected chi connectivity index (χ2v) is 25.6. The Morgan fingerprint density at radius 1 is 0.397 bits per heavy atom. The van der Waals surface area contributed by atoms with Crippen molar-refractivity contribution in [3.63, 3.8) is 0 Å². The highest BCUT2D eigenvalue weighted by Crippen LogP contribution is 2.49. The maximum Gasteiger partial charge on any atom is 0.137 e. The van der Waals surface area contributed by atoms with Crippen LogP contribution < -0.4 is 14.5 Å². The highest BCUT2D eigenvalue weighted by atomic mass is 16.5. The summed E-state index contributed by atoms with van der Waals surface area (Å²) in [4.78, 5) is 10.2. The first kappa shape index (κ1) is 49.5. The lowest BCUT2D eigenvalue weighted by Gasteiger charge is -2.29. The number of anilines is 4. The monoisotopic (exact) mass is 963 g/mol. The molecule has 0 amide bonds. The van der Waals surface area contributed by atoms with Crippen molar-refractivity contribution in [3.8, 4) is 39.6 Å². The molecule has 0 atom stereocenters. The number of pyridine rings is 1. The molecule has 0 radical (unpaired) electrons. The van der Waals surface area contributed by atoms with Gasteiger partial charge in [0, 0.05) is 46.0 Å². The standard InChI is InChI=1S/C68H74N4O/c1-64(2,3)47-29-26-44(27-30-47)45-28-33-60-62(35-45)70(43-71(60)52-37-49(66(7,8)9)36-50(38-52)67(10,11)12)51-22-19-23-53(39-51)73-54-31-32-56-55-24-16-17-25-59(55)72(61(56)40-54)63-41-58(68(13,14)15)57(42-69-63)46-20-18-21-48(34-46)65(4,5)6/h16-42H,43H2,1-15H3. The minimum atomic E-state index is -0.138. The molecule has 3 heterocycles. The molecule has 5 nitrogen and oxygen atoms in total. The van der Waals surface area contributed by atoms with Crippen LogP contribution in [0.4, 0.5) is 22.7 Å². The molecule has 0 fully saturated rings. The molecule has 1 aliphatic rings. The Bertz CT molecular complexity index is 3510. The van der Waals surface area contributed by atoms with Crippen LogP contribution in [0, 0.1) is 0 Å². The van der Waals surface area contributed by atoms with Gasteiger partial charge >= 0.3 is 0 Å². The average Bonchev–Trinajstić information content (AvgIpc) is 3.88. The minimum absolute atomic E-state index is 0.0139. The quantitative estimate of drug-likeness (QED) is 0.159. The van der Waals surface area contributed by atoms with Crippen molar-refractivity contribution in [2.75, 3.05) is 16.5 Å². The van der Waals surface area contributed by atoms with Gasteiger partial charge in [0.2, 0.25) is 0 Å². The first-order valence-electron chi connectivity index (χ1n) is 26.2. The summed E-state index contributed by atoms with van der Waals surface area (Å²) in [7, 11) is 0. The number of hydrogen-bond donors (Lipinski definition) is 0. The van der Waals surface area contributed by atoms with E-state index in [9.17, 15) is 0 Å². The summed E-state index contributed by atoms with van der Waals surface area (Å²) in [5.41, 5.74) is 18.0. The lowest BCUT2D eigenvalue weighted by Crippen LogP contribution is -2.25. The van der Waals surface area contributed by atoms with Crippen LogP contribution >= 0.6 is 0 Å². The largest absolute Gasteiger partial charge is 0.457 e. The Labute approximate surface area is 435 Å². The molecule has 0 saturated heterocycles. The van der Waals surface area contributed by atoms with Gasteiger partial charge in [0.1, 0.15) is 24.0 Å². The van der Waals surface area contributed by atoms with Crippen LogP contribution in [-0.2, 0) is 27.1 Å². The van der Waals surface area contributed by atoms with E-state index in [1.54, 1.807) is 0 Å². The predicted octanol–water partition coefficient (Wildman–Crippen LogP) is 19.0. The Morgan fingerprint density at radius 3 is 1.68 bits per heavy atom. The van der Waals surface area contributed by atoms with Crippen LogP contribution in [0.25, 0.3) is 49.9 Å². The summed E-state index contributed by atoms with van der Waals surface area (Å²) in [6.45, 7) is 35.1. The number of hydrogen-bond acceptors (Lipinski definition) is 4. The molecule has 0 unspecified atom stereocenters. The van der Waals surface area contributed by atoms with Crippen molar-refractivity contribution in [1.82, 2.24) is 9.55 Å². The highest BCUT2D eigenvalue weighted by molar-refractivity contribution is 6.09. The summed E-state index contributed by atoms with van der Waals surface area (Å²) in [5, 5.41) is 2.33. The SMILES string of the molecule is CC(C)(C)c1ccc(-c2ccc3c(c2)N(c2cccc(Oc4ccc5c6ccccc6n(-c6cc(C(C)(C)C)c(-c7cccc(C(C)(C)C)c7)cn6)c5c4)c2)CN3c2cc(C(C)(C)C)cc(C(C)(C)C)c2)cc1.